The molecule has 1 fully saturated rings. The zero-order valence-electron chi connectivity index (χ0n) is 10.9. The van der Waals surface area contributed by atoms with Crippen LogP contribution in [0.25, 0.3) is 0 Å². The lowest BCUT2D eigenvalue weighted by Gasteiger charge is -2.26. The van der Waals surface area contributed by atoms with Crippen molar-refractivity contribution in [3.63, 3.8) is 0 Å². The topological polar surface area (TPSA) is 122 Å². The highest BCUT2D eigenvalue weighted by Gasteiger charge is 2.36. The zero-order valence-corrected chi connectivity index (χ0v) is 11.7. The molecule has 1 aliphatic heterocycles. The van der Waals surface area contributed by atoms with Gasteiger partial charge in [0.15, 0.2) is 9.84 Å². The van der Waals surface area contributed by atoms with Crippen LogP contribution in [0, 0.1) is 0 Å². The highest BCUT2D eigenvalue weighted by atomic mass is 32.2. The van der Waals surface area contributed by atoms with Crippen LogP contribution >= 0.6 is 0 Å². The van der Waals surface area contributed by atoms with E-state index in [4.69, 9.17) is 5.11 Å². The number of amides is 1. The van der Waals surface area contributed by atoms with Crippen LogP contribution < -0.4 is 5.63 Å². The minimum Gasteiger partial charge on any atom is -0.480 e. The van der Waals surface area contributed by atoms with Crippen molar-refractivity contribution in [3.8, 4) is 0 Å². The van der Waals surface area contributed by atoms with Gasteiger partial charge in [-0.3, -0.25) is 9.59 Å². The van der Waals surface area contributed by atoms with Gasteiger partial charge in [-0.25, -0.2) is 13.2 Å². The first-order valence-electron chi connectivity index (χ1n) is 6.10. The minimum atomic E-state index is -3.26. The van der Waals surface area contributed by atoms with Gasteiger partial charge < -0.3 is 14.4 Å². The maximum atomic E-state index is 12.3. The Kier molecular flexibility index (Phi) is 4.12. The number of aliphatic carboxylic acids is 1. The Bertz CT molecular complexity index is 701. The number of sulfone groups is 1. The van der Waals surface area contributed by atoms with Gasteiger partial charge in [0.05, 0.1) is 17.1 Å². The molecular formula is C12H13NO7S. The number of carbonyl (C=O) groups is 2. The molecule has 1 aliphatic rings. The zero-order chi connectivity index (χ0) is 15.6. The highest BCUT2D eigenvalue weighted by Crippen LogP contribution is 2.19. The Morgan fingerprint density at radius 3 is 2.57 bits per heavy atom. The van der Waals surface area contributed by atoms with Gasteiger partial charge in [-0.05, 0) is 12.5 Å². The number of carbonyl (C=O) groups excluding carboxylic acids is 1. The fraction of sp³-hybridized carbons (Fsp3) is 0.417. The van der Waals surface area contributed by atoms with Gasteiger partial charge in [-0.1, -0.05) is 0 Å². The Morgan fingerprint density at radius 2 is 2.10 bits per heavy atom. The molecule has 1 N–H and O–H groups in total. The van der Waals surface area contributed by atoms with E-state index in [9.17, 15) is 22.8 Å². The molecule has 0 spiro atoms. The summed E-state index contributed by atoms with van der Waals surface area (Å²) in [5.74, 6) is -2.26. The molecule has 0 aliphatic carbocycles. The van der Waals surface area contributed by atoms with Crippen LogP contribution in [0.5, 0.6) is 0 Å². The van der Waals surface area contributed by atoms with Crippen molar-refractivity contribution in [1.29, 1.82) is 0 Å². The van der Waals surface area contributed by atoms with Gasteiger partial charge in [-0.15, -0.1) is 0 Å². The van der Waals surface area contributed by atoms with Crippen molar-refractivity contribution < 1.29 is 27.5 Å². The van der Waals surface area contributed by atoms with E-state index in [1.807, 2.05) is 0 Å². The Morgan fingerprint density at radius 1 is 1.38 bits per heavy atom. The third-order valence-corrected chi connectivity index (χ3v) is 4.91. The van der Waals surface area contributed by atoms with Crippen molar-refractivity contribution in [1.82, 2.24) is 4.90 Å². The van der Waals surface area contributed by atoms with Crippen LogP contribution in [0.3, 0.4) is 0 Å². The van der Waals surface area contributed by atoms with Gasteiger partial charge >= 0.3 is 11.6 Å². The average molecular weight is 315 g/mol. The average Bonchev–Trinajstić information content (AvgIpc) is 2.76. The fourth-order valence-corrected chi connectivity index (χ4v) is 3.91. The first kappa shape index (κ1) is 15.2. The van der Waals surface area contributed by atoms with Gasteiger partial charge in [0.2, 0.25) is 0 Å². The van der Waals surface area contributed by atoms with E-state index < -0.39 is 39.9 Å². The first-order chi connectivity index (χ1) is 9.78. The van der Waals surface area contributed by atoms with Crippen LogP contribution in [0.4, 0.5) is 0 Å². The smallest absolute Gasteiger partial charge is 0.335 e. The van der Waals surface area contributed by atoms with E-state index in [1.165, 1.54) is 6.07 Å². The molecule has 1 amide bonds. The quantitative estimate of drug-likeness (QED) is 0.783. The number of carboxylic acid groups (broad SMARTS) is 1. The maximum absolute atomic E-state index is 12.3. The van der Waals surface area contributed by atoms with E-state index >= 15 is 0 Å². The largest absolute Gasteiger partial charge is 0.480 e. The van der Waals surface area contributed by atoms with E-state index in [1.54, 1.807) is 0 Å². The lowest BCUT2D eigenvalue weighted by Crippen LogP contribution is -2.44. The summed E-state index contributed by atoms with van der Waals surface area (Å²) >= 11 is 0. The predicted octanol–water partition coefficient (Wildman–Crippen LogP) is -0.646. The van der Waals surface area contributed by atoms with Crippen molar-refractivity contribution in [2.45, 2.75) is 12.5 Å². The molecule has 1 unspecified atom stereocenters. The second-order valence-corrected chi connectivity index (χ2v) is 6.96. The fourth-order valence-electron chi connectivity index (χ4n) is 2.18. The van der Waals surface area contributed by atoms with E-state index in [0.717, 1.165) is 17.2 Å². The molecular weight excluding hydrogens is 302 g/mol. The number of carboxylic acids is 1. The molecule has 1 saturated heterocycles. The third kappa shape index (κ3) is 3.69. The van der Waals surface area contributed by atoms with Crippen LogP contribution in [-0.4, -0.2) is 54.4 Å². The summed E-state index contributed by atoms with van der Waals surface area (Å²) in [6.45, 7) is -0.613. The van der Waals surface area contributed by atoms with E-state index in [2.05, 4.69) is 4.42 Å². The summed E-state index contributed by atoms with van der Waals surface area (Å²) in [6.07, 6.45) is 1.13. The second-order valence-electron chi connectivity index (χ2n) is 4.73. The Hall–Kier alpha value is -2.16. The molecule has 1 atom stereocenters. The number of nitrogens with zero attached hydrogens (tertiary/aromatic N) is 1. The maximum Gasteiger partial charge on any atom is 0.335 e. The molecule has 2 rings (SSSR count). The number of hydrogen-bond donors (Lipinski definition) is 1. The lowest BCUT2D eigenvalue weighted by atomic mass is 10.1. The highest BCUT2D eigenvalue weighted by molar-refractivity contribution is 7.91. The van der Waals surface area contributed by atoms with Crippen LogP contribution in [0.2, 0.25) is 0 Å². The molecule has 0 aromatic carbocycles. The van der Waals surface area contributed by atoms with Crippen molar-refractivity contribution in [3.05, 3.63) is 34.4 Å². The van der Waals surface area contributed by atoms with Gasteiger partial charge in [0.25, 0.3) is 5.91 Å². The lowest BCUT2D eigenvalue weighted by molar-refractivity contribution is -0.138. The second kappa shape index (κ2) is 5.68. The molecule has 114 valence electrons. The van der Waals surface area contributed by atoms with Gasteiger partial charge in [-0.2, -0.15) is 0 Å². The molecule has 0 bridgehead atoms. The van der Waals surface area contributed by atoms with Crippen LogP contribution in [0.1, 0.15) is 16.8 Å². The van der Waals surface area contributed by atoms with Crippen molar-refractivity contribution >= 4 is 21.7 Å². The molecule has 1 aromatic rings. The van der Waals surface area contributed by atoms with Crippen LogP contribution in [0.15, 0.2) is 27.6 Å². The Labute approximate surface area is 119 Å². The molecule has 1 aromatic heterocycles. The normalized spacial score (nSPS) is 20.1. The standard InChI is InChI=1S/C12H13NO7S/c14-10(15)5-13(9-3-4-21(18,19)7-9)12(17)8-1-2-11(16)20-6-8/h1-2,6,9H,3-5,7H2,(H,14,15). The summed E-state index contributed by atoms with van der Waals surface area (Å²) < 4.78 is 27.5. The number of rotatable bonds is 4. The molecule has 8 nitrogen and oxygen atoms in total. The summed E-state index contributed by atoms with van der Waals surface area (Å²) in [4.78, 5) is 35.1. The summed E-state index contributed by atoms with van der Waals surface area (Å²) in [7, 11) is -3.26. The summed E-state index contributed by atoms with van der Waals surface area (Å²) in [5, 5.41) is 8.90. The van der Waals surface area contributed by atoms with Gasteiger partial charge in [0, 0.05) is 12.1 Å². The minimum absolute atomic E-state index is 0.000137. The SMILES string of the molecule is O=C(O)CN(C(=O)c1ccc(=O)oc1)C1CCS(=O)(=O)C1. The third-order valence-electron chi connectivity index (χ3n) is 3.16. The van der Waals surface area contributed by atoms with Crippen molar-refractivity contribution in [2.75, 3.05) is 18.1 Å². The van der Waals surface area contributed by atoms with Crippen LogP contribution in [-0.2, 0) is 14.6 Å². The van der Waals surface area contributed by atoms with E-state index in [0.29, 0.717) is 0 Å². The number of hydrogen-bond acceptors (Lipinski definition) is 6. The Balaban J connectivity index is 2.27. The molecule has 9 heteroatoms. The van der Waals surface area contributed by atoms with Gasteiger partial charge in [0.1, 0.15) is 12.8 Å². The molecule has 2 heterocycles. The first-order valence-corrected chi connectivity index (χ1v) is 7.93. The molecule has 21 heavy (non-hydrogen) atoms. The monoisotopic (exact) mass is 315 g/mol. The predicted molar refractivity (Wildman–Crippen MR) is 70.7 cm³/mol. The summed E-state index contributed by atoms with van der Waals surface area (Å²) in [5.41, 5.74) is -0.639. The summed E-state index contributed by atoms with van der Waals surface area (Å²) in [6, 6.07) is 1.56. The van der Waals surface area contributed by atoms with Crippen molar-refractivity contribution in [2.24, 2.45) is 0 Å². The molecule has 0 radical (unpaired) electrons. The van der Waals surface area contributed by atoms with E-state index in [-0.39, 0.29) is 23.5 Å². The molecule has 0 saturated carbocycles.